The van der Waals surface area contributed by atoms with Crippen molar-refractivity contribution in [3.63, 3.8) is 0 Å². The zero-order chi connectivity index (χ0) is 19.9. The van der Waals surface area contributed by atoms with Crippen LogP contribution in [0.2, 0.25) is 0 Å². The number of amides is 2. The van der Waals surface area contributed by atoms with Crippen LogP contribution in [0.3, 0.4) is 0 Å². The largest absolute Gasteiger partial charge is 0.497 e. The first-order valence-corrected chi connectivity index (χ1v) is 9.83. The van der Waals surface area contributed by atoms with Gasteiger partial charge in [0.05, 0.1) is 7.11 Å². The number of ether oxygens (including phenoxy) is 1. The highest BCUT2D eigenvalue weighted by Gasteiger charge is 2.29. The van der Waals surface area contributed by atoms with Gasteiger partial charge in [-0.15, -0.1) is 0 Å². The lowest BCUT2D eigenvalue weighted by Gasteiger charge is -2.27. The molecule has 1 fully saturated rings. The van der Waals surface area contributed by atoms with E-state index in [1.807, 2.05) is 55.5 Å². The summed E-state index contributed by atoms with van der Waals surface area (Å²) in [5.41, 5.74) is 3.04. The second-order valence-corrected chi connectivity index (χ2v) is 7.47. The zero-order valence-corrected chi connectivity index (χ0v) is 16.5. The molecule has 2 aromatic carbocycles. The number of carbonyl (C=O) groups excluding carboxylic acids is 2. The van der Waals surface area contributed by atoms with E-state index in [1.165, 1.54) is 5.56 Å². The van der Waals surface area contributed by atoms with Crippen LogP contribution in [0.1, 0.15) is 36.8 Å². The summed E-state index contributed by atoms with van der Waals surface area (Å²) in [6.45, 7) is 2.53. The zero-order valence-electron chi connectivity index (χ0n) is 16.5. The summed E-state index contributed by atoms with van der Waals surface area (Å²) in [5.74, 6) is 0.903. The Bertz CT molecular complexity index is 792. The third-order valence-corrected chi connectivity index (χ3v) is 5.41. The first kappa shape index (κ1) is 19.9. The van der Waals surface area contributed by atoms with Crippen molar-refractivity contribution in [3.05, 3.63) is 59.7 Å². The van der Waals surface area contributed by atoms with E-state index >= 15 is 0 Å². The van der Waals surface area contributed by atoms with Gasteiger partial charge in [-0.1, -0.05) is 29.8 Å². The van der Waals surface area contributed by atoms with Crippen molar-refractivity contribution in [1.82, 2.24) is 5.32 Å². The van der Waals surface area contributed by atoms with Gasteiger partial charge in [0.2, 0.25) is 11.8 Å². The van der Waals surface area contributed by atoms with Crippen LogP contribution in [0.25, 0.3) is 0 Å². The summed E-state index contributed by atoms with van der Waals surface area (Å²) < 4.78 is 5.14. The van der Waals surface area contributed by atoms with E-state index in [4.69, 9.17) is 4.74 Å². The molecule has 0 radical (unpaired) electrons. The van der Waals surface area contributed by atoms with Crippen LogP contribution >= 0.6 is 0 Å². The number of hydrogen-bond donors (Lipinski definition) is 2. The third kappa shape index (κ3) is 5.35. The molecule has 5 heteroatoms. The molecular weight excluding hydrogens is 352 g/mol. The minimum absolute atomic E-state index is 0.0123. The normalized spacial score (nSPS) is 18.9. The van der Waals surface area contributed by atoms with Crippen molar-refractivity contribution in [3.8, 4) is 5.75 Å². The van der Waals surface area contributed by atoms with E-state index in [2.05, 4.69) is 10.6 Å². The second kappa shape index (κ2) is 9.40. The van der Waals surface area contributed by atoms with Crippen molar-refractivity contribution < 1.29 is 14.3 Å². The van der Waals surface area contributed by atoms with Crippen molar-refractivity contribution in [2.75, 3.05) is 12.4 Å². The maximum Gasteiger partial charge on any atom is 0.227 e. The fourth-order valence-corrected chi connectivity index (χ4v) is 3.58. The van der Waals surface area contributed by atoms with Crippen molar-refractivity contribution in [2.45, 2.75) is 39.2 Å². The average molecular weight is 380 g/mol. The lowest BCUT2D eigenvalue weighted by molar-refractivity contribution is -0.128. The van der Waals surface area contributed by atoms with Gasteiger partial charge >= 0.3 is 0 Å². The maximum absolute atomic E-state index is 12.5. The van der Waals surface area contributed by atoms with Gasteiger partial charge in [-0.3, -0.25) is 9.59 Å². The van der Waals surface area contributed by atoms with Crippen LogP contribution in [0.4, 0.5) is 5.69 Å². The maximum atomic E-state index is 12.5. The number of anilines is 1. The Balaban J connectivity index is 1.42. The molecule has 0 bridgehead atoms. The minimum Gasteiger partial charge on any atom is -0.497 e. The summed E-state index contributed by atoms with van der Waals surface area (Å²) in [7, 11) is 1.63. The van der Waals surface area contributed by atoms with Crippen molar-refractivity contribution in [2.24, 2.45) is 11.8 Å². The standard InChI is InChI=1S/C23H28N2O3/c1-16-3-11-20(12-4-16)25-23(27)19-9-7-18(8-10-19)22(26)24-15-17-5-13-21(28-2)14-6-17/h3-6,11-14,18-19H,7-10,15H2,1-2H3,(H,24,26)(H,25,27). The number of benzene rings is 2. The molecule has 0 atom stereocenters. The Morgan fingerprint density at radius 1 is 0.893 bits per heavy atom. The quantitative estimate of drug-likeness (QED) is 0.794. The molecule has 0 aliphatic heterocycles. The first-order chi connectivity index (χ1) is 13.5. The third-order valence-electron chi connectivity index (χ3n) is 5.41. The molecule has 0 saturated heterocycles. The fraction of sp³-hybridized carbons (Fsp3) is 0.391. The Kier molecular flexibility index (Phi) is 6.69. The molecule has 2 aromatic rings. The molecule has 0 unspecified atom stereocenters. The van der Waals surface area contributed by atoms with Gasteiger partial charge in [-0.2, -0.15) is 0 Å². The van der Waals surface area contributed by atoms with E-state index in [0.717, 1.165) is 42.7 Å². The van der Waals surface area contributed by atoms with Gasteiger partial charge in [0.25, 0.3) is 0 Å². The van der Waals surface area contributed by atoms with Crippen molar-refractivity contribution in [1.29, 1.82) is 0 Å². The predicted octanol–water partition coefficient (Wildman–Crippen LogP) is 4.06. The van der Waals surface area contributed by atoms with E-state index in [9.17, 15) is 9.59 Å². The summed E-state index contributed by atoms with van der Waals surface area (Å²) >= 11 is 0. The molecule has 1 aliphatic carbocycles. The number of rotatable bonds is 6. The second-order valence-electron chi connectivity index (χ2n) is 7.47. The summed E-state index contributed by atoms with van der Waals surface area (Å²) in [4.78, 5) is 24.9. The molecule has 148 valence electrons. The highest BCUT2D eigenvalue weighted by molar-refractivity contribution is 5.92. The van der Waals surface area contributed by atoms with Gasteiger partial charge in [0.1, 0.15) is 5.75 Å². The van der Waals surface area contributed by atoms with Crippen LogP contribution in [0.15, 0.2) is 48.5 Å². The first-order valence-electron chi connectivity index (χ1n) is 9.83. The summed E-state index contributed by atoms with van der Waals surface area (Å²) in [5, 5.41) is 6.00. The molecule has 0 spiro atoms. The monoisotopic (exact) mass is 380 g/mol. The van der Waals surface area contributed by atoms with Gasteiger partial charge < -0.3 is 15.4 Å². The molecule has 3 rings (SSSR count). The van der Waals surface area contributed by atoms with Crippen LogP contribution in [-0.4, -0.2) is 18.9 Å². The molecule has 0 aromatic heterocycles. The Morgan fingerprint density at radius 3 is 2.04 bits per heavy atom. The van der Waals surface area contributed by atoms with Crippen LogP contribution in [0, 0.1) is 18.8 Å². The molecule has 0 heterocycles. The minimum atomic E-state index is -0.0214. The number of aryl methyl sites for hydroxylation is 1. The Hall–Kier alpha value is -2.82. The van der Waals surface area contributed by atoms with Gasteiger partial charge in [-0.05, 0) is 62.4 Å². The van der Waals surface area contributed by atoms with E-state index in [-0.39, 0.29) is 23.7 Å². The van der Waals surface area contributed by atoms with Crippen LogP contribution in [-0.2, 0) is 16.1 Å². The predicted molar refractivity (Wildman–Crippen MR) is 110 cm³/mol. The molecule has 2 amide bonds. The van der Waals surface area contributed by atoms with E-state index in [0.29, 0.717) is 6.54 Å². The SMILES string of the molecule is COc1ccc(CNC(=O)C2CCC(C(=O)Nc3ccc(C)cc3)CC2)cc1. The van der Waals surface area contributed by atoms with E-state index in [1.54, 1.807) is 7.11 Å². The molecule has 5 nitrogen and oxygen atoms in total. The van der Waals surface area contributed by atoms with Crippen molar-refractivity contribution >= 4 is 17.5 Å². The molecule has 1 saturated carbocycles. The van der Waals surface area contributed by atoms with E-state index < -0.39 is 0 Å². The van der Waals surface area contributed by atoms with Gasteiger partial charge in [0, 0.05) is 24.1 Å². The Labute approximate surface area is 166 Å². The number of nitrogens with one attached hydrogen (secondary N) is 2. The molecule has 28 heavy (non-hydrogen) atoms. The van der Waals surface area contributed by atoms with Gasteiger partial charge in [-0.25, -0.2) is 0 Å². The summed E-state index contributed by atoms with van der Waals surface area (Å²) in [6.07, 6.45) is 3.00. The molecular formula is C23H28N2O3. The topological polar surface area (TPSA) is 67.4 Å². The highest BCUT2D eigenvalue weighted by atomic mass is 16.5. The highest BCUT2D eigenvalue weighted by Crippen LogP contribution is 2.30. The van der Waals surface area contributed by atoms with Gasteiger partial charge in [0.15, 0.2) is 0 Å². The number of methoxy groups -OCH3 is 1. The lowest BCUT2D eigenvalue weighted by Crippen LogP contribution is -2.35. The Morgan fingerprint density at radius 2 is 1.46 bits per heavy atom. The average Bonchev–Trinajstić information content (AvgIpc) is 2.74. The van der Waals surface area contributed by atoms with Crippen LogP contribution < -0.4 is 15.4 Å². The number of carbonyl (C=O) groups is 2. The molecule has 1 aliphatic rings. The lowest BCUT2D eigenvalue weighted by atomic mass is 9.81. The van der Waals surface area contributed by atoms with Crippen LogP contribution in [0.5, 0.6) is 5.75 Å². The smallest absolute Gasteiger partial charge is 0.227 e. The summed E-state index contributed by atoms with van der Waals surface area (Å²) in [6, 6.07) is 15.5. The fourth-order valence-electron chi connectivity index (χ4n) is 3.58. The number of hydrogen-bond acceptors (Lipinski definition) is 3. The molecule has 2 N–H and O–H groups in total.